The van der Waals surface area contributed by atoms with Crippen molar-refractivity contribution in [3.05, 3.63) is 0 Å². The molecule has 3 heteroatoms. The topological polar surface area (TPSA) is 40.9 Å². The highest BCUT2D eigenvalue weighted by atomic mass is 32.2. The van der Waals surface area contributed by atoms with Crippen LogP contribution in [-0.4, -0.2) is 15.7 Å². The summed E-state index contributed by atoms with van der Waals surface area (Å²) in [7, 11) is -0.687. The van der Waals surface area contributed by atoms with E-state index in [1.807, 2.05) is 6.92 Å². The van der Waals surface area contributed by atoms with Gasteiger partial charge >= 0.3 is 0 Å². The number of hydrogen-bond donors (Lipinski definition) is 0. The van der Waals surface area contributed by atoms with E-state index in [1.165, 1.54) is 0 Å². The van der Waals surface area contributed by atoms with Gasteiger partial charge in [-0.15, -0.1) is 0 Å². The second-order valence-electron chi connectivity index (χ2n) is 3.21. The lowest BCUT2D eigenvalue weighted by Crippen LogP contribution is -2.12. The zero-order chi connectivity index (χ0) is 8.32. The highest BCUT2D eigenvalue weighted by Crippen LogP contribution is 2.49. The summed E-state index contributed by atoms with van der Waals surface area (Å²) in [4.78, 5) is 0. The molecule has 0 radical (unpaired) electrons. The van der Waals surface area contributed by atoms with Crippen LogP contribution in [0, 0.1) is 16.7 Å². The highest BCUT2D eigenvalue weighted by molar-refractivity contribution is 7.84. The molecule has 62 valence electrons. The van der Waals surface area contributed by atoms with E-state index in [9.17, 15) is 4.21 Å². The van der Waals surface area contributed by atoms with Gasteiger partial charge in [-0.1, -0.05) is 6.92 Å². The van der Waals surface area contributed by atoms with Crippen molar-refractivity contribution in [3.63, 3.8) is 0 Å². The Hall–Kier alpha value is -0.360. The Morgan fingerprint density at radius 2 is 2.27 bits per heavy atom. The van der Waals surface area contributed by atoms with E-state index in [2.05, 4.69) is 6.07 Å². The maximum absolute atomic E-state index is 11.1. The molecular formula is C8H13NOS. The van der Waals surface area contributed by atoms with E-state index in [0.717, 1.165) is 24.3 Å². The van der Waals surface area contributed by atoms with Crippen LogP contribution in [0.5, 0.6) is 0 Å². The molecule has 0 spiro atoms. The molecule has 2 nitrogen and oxygen atoms in total. The number of nitriles is 1. The SMILES string of the molecule is CCS(=O)CC1(CC#N)CC1. The molecule has 0 aromatic rings. The van der Waals surface area contributed by atoms with Gasteiger partial charge in [0.25, 0.3) is 0 Å². The molecule has 0 aromatic carbocycles. The fraction of sp³-hybridized carbons (Fsp3) is 0.875. The van der Waals surface area contributed by atoms with Crippen LogP contribution in [0.3, 0.4) is 0 Å². The maximum Gasteiger partial charge on any atom is 0.0627 e. The Bertz CT molecular complexity index is 203. The Morgan fingerprint density at radius 1 is 1.64 bits per heavy atom. The van der Waals surface area contributed by atoms with Gasteiger partial charge in [-0.3, -0.25) is 4.21 Å². The minimum absolute atomic E-state index is 0.162. The molecule has 1 fully saturated rings. The van der Waals surface area contributed by atoms with Gasteiger partial charge in [0.05, 0.1) is 6.07 Å². The van der Waals surface area contributed by atoms with Gasteiger partial charge in [0.2, 0.25) is 0 Å². The fourth-order valence-electron chi connectivity index (χ4n) is 1.16. The highest BCUT2D eigenvalue weighted by Gasteiger charge is 2.43. The Balaban J connectivity index is 2.36. The predicted octanol–water partition coefficient (Wildman–Crippen LogP) is 1.45. The van der Waals surface area contributed by atoms with E-state index in [0.29, 0.717) is 6.42 Å². The molecule has 1 rings (SSSR count). The zero-order valence-corrected chi connectivity index (χ0v) is 7.62. The quantitative estimate of drug-likeness (QED) is 0.642. The lowest BCUT2D eigenvalue weighted by molar-refractivity contribution is 0.587. The molecule has 0 saturated heterocycles. The van der Waals surface area contributed by atoms with E-state index < -0.39 is 10.8 Å². The minimum Gasteiger partial charge on any atom is -0.260 e. The van der Waals surface area contributed by atoms with Crippen LogP contribution >= 0.6 is 0 Å². The van der Waals surface area contributed by atoms with Crippen molar-refractivity contribution in [1.82, 2.24) is 0 Å². The van der Waals surface area contributed by atoms with Gasteiger partial charge < -0.3 is 0 Å². The first-order valence-electron chi connectivity index (χ1n) is 3.94. The van der Waals surface area contributed by atoms with E-state index >= 15 is 0 Å². The Labute approximate surface area is 70.1 Å². The summed E-state index contributed by atoms with van der Waals surface area (Å²) in [6, 6.07) is 2.17. The fourth-order valence-corrected chi connectivity index (χ4v) is 2.44. The van der Waals surface area contributed by atoms with Gasteiger partial charge in [-0.25, -0.2) is 0 Å². The van der Waals surface area contributed by atoms with Crippen LogP contribution < -0.4 is 0 Å². The second-order valence-corrected chi connectivity index (χ2v) is 4.95. The maximum atomic E-state index is 11.1. The summed E-state index contributed by atoms with van der Waals surface area (Å²) in [5.41, 5.74) is 0.162. The number of hydrogen-bond acceptors (Lipinski definition) is 2. The molecule has 0 heterocycles. The van der Waals surface area contributed by atoms with Crippen molar-refractivity contribution in [2.75, 3.05) is 11.5 Å². The van der Waals surface area contributed by atoms with Gasteiger partial charge in [0.15, 0.2) is 0 Å². The molecule has 1 saturated carbocycles. The molecule has 0 bridgehead atoms. The monoisotopic (exact) mass is 171 g/mol. The first-order valence-corrected chi connectivity index (χ1v) is 5.43. The largest absolute Gasteiger partial charge is 0.260 e. The van der Waals surface area contributed by atoms with Crippen molar-refractivity contribution in [3.8, 4) is 6.07 Å². The summed E-state index contributed by atoms with van der Waals surface area (Å²) in [5.74, 6) is 1.48. The molecule has 0 aromatic heterocycles. The Morgan fingerprint density at radius 3 is 2.64 bits per heavy atom. The van der Waals surface area contributed by atoms with Crippen LogP contribution in [0.15, 0.2) is 0 Å². The average molecular weight is 171 g/mol. The minimum atomic E-state index is -0.687. The van der Waals surface area contributed by atoms with Gasteiger partial charge in [-0.05, 0) is 18.3 Å². The van der Waals surface area contributed by atoms with Crippen molar-refractivity contribution < 1.29 is 4.21 Å². The molecule has 11 heavy (non-hydrogen) atoms. The molecule has 0 amide bonds. The Kier molecular flexibility index (Phi) is 2.67. The van der Waals surface area contributed by atoms with Crippen LogP contribution in [0.4, 0.5) is 0 Å². The van der Waals surface area contributed by atoms with Gasteiger partial charge in [0, 0.05) is 28.7 Å². The first-order chi connectivity index (χ1) is 5.22. The molecular weight excluding hydrogens is 158 g/mol. The predicted molar refractivity (Wildman–Crippen MR) is 45.4 cm³/mol. The molecule has 1 aliphatic rings. The van der Waals surface area contributed by atoms with Crippen molar-refractivity contribution in [2.45, 2.75) is 26.2 Å². The molecule has 1 unspecified atom stereocenters. The summed E-state index contributed by atoms with van der Waals surface area (Å²) >= 11 is 0. The van der Waals surface area contributed by atoms with Crippen LogP contribution in [0.25, 0.3) is 0 Å². The van der Waals surface area contributed by atoms with E-state index in [1.54, 1.807) is 0 Å². The second kappa shape index (κ2) is 3.36. The van der Waals surface area contributed by atoms with Crippen LogP contribution in [0.2, 0.25) is 0 Å². The van der Waals surface area contributed by atoms with E-state index in [-0.39, 0.29) is 5.41 Å². The van der Waals surface area contributed by atoms with Gasteiger partial charge in [-0.2, -0.15) is 5.26 Å². The lowest BCUT2D eigenvalue weighted by Gasteiger charge is -2.07. The van der Waals surface area contributed by atoms with Crippen LogP contribution in [-0.2, 0) is 10.8 Å². The lowest BCUT2D eigenvalue weighted by atomic mass is 10.1. The van der Waals surface area contributed by atoms with Crippen molar-refractivity contribution in [2.24, 2.45) is 5.41 Å². The van der Waals surface area contributed by atoms with E-state index in [4.69, 9.17) is 5.26 Å². The molecule has 1 atom stereocenters. The van der Waals surface area contributed by atoms with Crippen molar-refractivity contribution >= 4 is 10.8 Å². The summed E-state index contributed by atoms with van der Waals surface area (Å²) < 4.78 is 11.1. The van der Waals surface area contributed by atoms with Gasteiger partial charge in [0.1, 0.15) is 0 Å². The summed E-state index contributed by atoms with van der Waals surface area (Å²) in [6.45, 7) is 1.93. The third-order valence-corrected chi connectivity index (χ3v) is 3.78. The smallest absolute Gasteiger partial charge is 0.0627 e. The first kappa shape index (κ1) is 8.73. The number of nitrogens with zero attached hydrogens (tertiary/aromatic N) is 1. The van der Waals surface area contributed by atoms with Crippen molar-refractivity contribution in [1.29, 1.82) is 5.26 Å². The summed E-state index contributed by atoms with van der Waals surface area (Å²) in [5, 5.41) is 8.48. The third-order valence-electron chi connectivity index (χ3n) is 2.20. The zero-order valence-electron chi connectivity index (χ0n) is 6.80. The third kappa shape index (κ3) is 2.30. The average Bonchev–Trinajstić information content (AvgIpc) is 2.70. The normalized spacial score (nSPS) is 22.2. The molecule has 0 N–H and O–H groups in total. The van der Waals surface area contributed by atoms with Crippen LogP contribution in [0.1, 0.15) is 26.2 Å². The number of rotatable bonds is 4. The molecule has 0 aliphatic heterocycles. The standard InChI is InChI=1S/C8H13NOS/c1-2-11(10)7-8(3-4-8)5-6-9/h2-5,7H2,1H3. The summed E-state index contributed by atoms with van der Waals surface area (Å²) in [6.07, 6.45) is 2.80. The molecule has 1 aliphatic carbocycles.